The molecule has 1 atom stereocenters. The fourth-order valence-corrected chi connectivity index (χ4v) is 7.28. The minimum absolute atomic E-state index is 0.0287. The van der Waals surface area contributed by atoms with E-state index < -0.39 is 0 Å². The van der Waals surface area contributed by atoms with Crippen LogP contribution in [0.15, 0.2) is 17.5 Å². The number of rotatable bonds is 3. The van der Waals surface area contributed by atoms with Gasteiger partial charge in [-0.15, -0.1) is 11.3 Å². The van der Waals surface area contributed by atoms with E-state index >= 15 is 0 Å². The number of carbonyl (C=O) groups is 2. The van der Waals surface area contributed by atoms with Gasteiger partial charge in [0, 0.05) is 12.1 Å². The summed E-state index contributed by atoms with van der Waals surface area (Å²) in [7, 11) is 0. The fourth-order valence-electron chi connectivity index (χ4n) is 6.60. The van der Waals surface area contributed by atoms with E-state index in [1.165, 1.54) is 30.6 Å². The molecule has 26 heavy (non-hydrogen) atoms. The number of hydrogen-bond acceptors (Lipinski definition) is 3. The van der Waals surface area contributed by atoms with Gasteiger partial charge in [0.05, 0.1) is 4.88 Å². The van der Waals surface area contributed by atoms with Gasteiger partial charge in [-0.25, -0.2) is 0 Å². The topological polar surface area (TPSA) is 49.4 Å². The van der Waals surface area contributed by atoms with E-state index in [4.69, 9.17) is 0 Å². The van der Waals surface area contributed by atoms with Crippen molar-refractivity contribution in [3.05, 3.63) is 22.4 Å². The van der Waals surface area contributed by atoms with Gasteiger partial charge in [0.2, 0.25) is 5.91 Å². The normalized spacial score (nSPS) is 38.4. The van der Waals surface area contributed by atoms with Gasteiger partial charge in [-0.1, -0.05) is 6.07 Å². The number of thiophene rings is 1. The van der Waals surface area contributed by atoms with E-state index in [0.717, 1.165) is 61.2 Å². The third kappa shape index (κ3) is 2.88. The number of likely N-dealkylation sites (tertiary alicyclic amines) is 1. The Morgan fingerprint density at radius 1 is 1.08 bits per heavy atom. The van der Waals surface area contributed by atoms with E-state index in [9.17, 15) is 9.59 Å². The molecular formula is C21H28N2O2S. The molecule has 2 heterocycles. The van der Waals surface area contributed by atoms with Gasteiger partial charge in [-0.2, -0.15) is 0 Å². The van der Waals surface area contributed by atoms with E-state index in [0.29, 0.717) is 6.54 Å². The van der Waals surface area contributed by atoms with Crippen molar-refractivity contribution in [2.75, 3.05) is 6.54 Å². The molecule has 4 nitrogen and oxygen atoms in total. The second-order valence-electron chi connectivity index (χ2n) is 9.17. The highest BCUT2D eigenvalue weighted by Crippen LogP contribution is 2.55. The molecule has 5 heteroatoms. The SMILES string of the molecule is O=C(NC12CC3CC(CC(C3)C1)C2)[C@@H]1CCCCN1C(=O)c1cccs1. The molecule has 0 radical (unpaired) electrons. The lowest BCUT2D eigenvalue weighted by Crippen LogP contribution is -2.63. The highest BCUT2D eigenvalue weighted by Gasteiger charge is 2.52. The predicted octanol–water partition coefficient (Wildman–Crippen LogP) is 3.83. The Hall–Kier alpha value is -1.36. The largest absolute Gasteiger partial charge is 0.349 e. The zero-order valence-electron chi connectivity index (χ0n) is 15.3. The van der Waals surface area contributed by atoms with E-state index in [-0.39, 0.29) is 23.4 Å². The van der Waals surface area contributed by atoms with Crippen LogP contribution in [0.2, 0.25) is 0 Å². The number of amides is 2. The molecule has 1 aliphatic heterocycles. The number of nitrogens with one attached hydrogen (secondary N) is 1. The predicted molar refractivity (Wildman–Crippen MR) is 102 cm³/mol. The standard InChI is InChI=1S/C21H28N2O2S/c24-19(22-21-11-14-8-15(12-21)10-16(9-14)13-21)17-4-1-2-6-23(17)20(25)18-5-3-7-26-18/h3,5,7,14-17H,1-2,4,6,8-13H2,(H,22,24)/t14?,15?,16?,17-,21?/m0/s1. The van der Waals surface area contributed by atoms with Crippen LogP contribution in [0.4, 0.5) is 0 Å². The number of piperidine rings is 1. The van der Waals surface area contributed by atoms with E-state index in [2.05, 4.69) is 5.32 Å². The summed E-state index contributed by atoms with van der Waals surface area (Å²) >= 11 is 1.47. The summed E-state index contributed by atoms with van der Waals surface area (Å²) in [5, 5.41) is 5.43. The summed E-state index contributed by atoms with van der Waals surface area (Å²) in [4.78, 5) is 28.7. The minimum Gasteiger partial charge on any atom is -0.349 e. The van der Waals surface area contributed by atoms with Gasteiger partial charge in [-0.3, -0.25) is 9.59 Å². The first-order valence-electron chi connectivity index (χ1n) is 10.3. The van der Waals surface area contributed by atoms with Crippen LogP contribution in [0.1, 0.15) is 67.5 Å². The zero-order chi connectivity index (χ0) is 17.7. The van der Waals surface area contributed by atoms with Crippen LogP contribution in [0.5, 0.6) is 0 Å². The molecule has 0 aromatic carbocycles. The van der Waals surface area contributed by atoms with Gasteiger partial charge in [0.1, 0.15) is 6.04 Å². The Kier molecular flexibility index (Phi) is 4.11. The lowest BCUT2D eigenvalue weighted by molar-refractivity contribution is -0.132. The third-order valence-corrected chi connectivity index (χ3v) is 8.08. The van der Waals surface area contributed by atoms with Crippen LogP contribution in [0, 0.1) is 17.8 Å². The molecule has 4 bridgehead atoms. The molecule has 140 valence electrons. The molecule has 0 spiro atoms. The van der Waals surface area contributed by atoms with Crippen LogP contribution < -0.4 is 5.32 Å². The second-order valence-corrected chi connectivity index (χ2v) is 10.1. The molecule has 2 amide bonds. The first kappa shape index (κ1) is 16.8. The van der Waals surface area contributed by atoms with E-state index in [1.54, 1.807) is 0 Å². The minimum atomic E-state index is -0.286. The van der Waals surface area contributed by atoms with Crippen molar-refractivity contribution in [3.8, 4) is 0 Å². The molecule has 5 aliphatic rings. The van der Waals surface area contributed by atoms with Crippen molar-refractivity contribution in [1.29, 1.82) is 0 Å². The molecule has 5 fully saturated rings. The molecule has 4 aliphatic carbocycles. The van der Waals surface area contributed by atoms with Gasteiger partial charge in [-0.05, 0) is 87.0 Å². The van der Waals surface area contributed by atoms with Gasteiger partial charge < -0.3 is 10.2 Å². The molecule has 1 N–H and O–H groups in total. The van der Waals surface area contributed by atoms with Crippen LogP contribution >= 0.6 is 11.3 Å². The summed E-state index contributed by atoms with van der Waals surface area (Å²) in [6, 6.07) is 3.49. The Morgan fingerprint density at radius 2 is 1.77 bits per heavy atom. The van der Waals surface area contributed by atoms with Gasteiger partial charge in [0.25, 0.3) is 5.91 Å². The molecule has 0 unspecified atom stereocenters. The highest BCUT2D eigenvalue weighted by molar-refractivity contribution is 7.12. The number of nitrogens with zero attached hydrogens (tertiary/aromatic N) is 1. The summed E-state index contributed by atoms with van der Waals surface area (Å²) in [6.45, 7) is 0.704. The molecule has 1 aromatic heterocycles. The zero-order valence-corrected chi connectivity index (χ0v) is 16.1. The second kappa shape index (κ2) is 6.36. The maximum absolute atomic E-state index is 13.3. The summed E-state index contributed by atoms with van der Waals surface area (Å²) < 4.78 is 0. The molecule has 4 saturated carbocycles. The van der Waals surface area contributed by atoms with Crippen LogP contribution in [0.3, 0.4) is 0 Å². The quantitative estimate of drug-likeness (QED) is 0.877. The smallest absolute Gasteiger partial charge is 0.264 e. The van der Waals surface area contributed by atoms with Crippen molar-refractivity contribution in [3.63, 3.8) is 0 Å². The maximum Gasteiger partial charge on any atom is 0.264 e. The van der Waals surface area contributed by atoms with Crippen LogP contribution in [-0.4, -0.2) is 34.8 Å². The molecule has 1 aromatic rings. The third-order valence-electron chi connectivity index (χ3n) is 7.22. The Balaban J connectivity index is 1.33. The van der Waals surface area contributed by atoms with E-state index in [1.807, 2.05) is 22.4 Å². The monoisotopic (exact) mass is 372 g/mol. The summed E-state index contributed by atoms with van der Waals surface area (Å²) in [5.74, 6) is 2.59. The first-order valence-corrected chi connectivity index (χ1v) is 11.2. The average Bonchev–Trinajstić information content (AvgIpc) is 3.14. The molecular weight excluding hydrogens is 344 g/mol. The highest BCUT2D eigenvalue weighted by atomic mass is 32.1. The van der Waals surface area contributed by atoms with Crippen molar-refractivity contribution in [2.24, 2.45) is 17.8 Å². The van der Waals surface area contributed by atoms with Crippen LogP contribution in [0.25, 0.3) is 0 Å². The van der Waals surface area contributed by atoms with Gasteiger partial charge in [0.15, 0.2) is 0 Å². The summed E-state index contributed by atoms with van der Waals surface area (Å²) in [6.07, 6.45) is 10.5. The fraction of sp³-hybridized carbons (Fsp3) is 0.714. The number of hydrogen-bond donors (Lipinski definition) is 1. The Bertz CT molecular complexity index is 664. The number of carbonyl (C=O) groups excluding carboxylic acids is 2. The van der Waals surface area contributed by atoms with Crippen LogP contribution in [-0.2, 0) is 4.79 Å². The lowest BCUT2D eigenvalue weighted by Gasteiger charge is -2.57. The van der Waals surface area contributed by atoms with Crippen molar-refractivity contribution < 1.29 is 9.59 Å². The van der Waals surface area contributed by atoms with Crippen molar-refractivity contribution in [1.82, 2.24) is 10.2 Å². The molecule has 1 saturated heterocycles. The first-order chi connectivity index (χ1) is 12.6. The van der Waals surface area contributed by atoms with Gasteiger partial charge >= 0.3 is 0 Å². The van der Waals surface area contributed by atoms with Crippen molar-refractivity contribution in [2.45, 2.75) is 69.4 Å². The maximum atomic E-state index is 13.3. The van der Waals surface area contributed by atoms with Crippen molar-refractivity contribution >= 4 is 23.2 Å². The lowest BCUT2D eigenvalue weighted by atomic mass is 9.53. The Morgan fingerprint density at radius 3 is 2.38 bits per heavy atom. The molecule has 6 rings (SSSR count). The summed E-state index contributed by atoms with van der Waals surface area (Å²) in [5.41, 5.74) is 0.0287. The Labute approximate surface area is 159 Å². The average molecular weight is 373 g/mol.